The SMILES string of the molecule is Cc1ccc(CC(=O)Cc2cccc3ccc(C)nc23)cc1. The summed E-state index contributed by atoms with van der Waals surface area (Å²) in [5, 5.41) is 1.09. The monoisotopic (exact) mass is 289 g/mol. The number of ketones is 1. The van der Waals surface area contributed by atoms with Gasteiger partial charge in [0.2, 0.25) is 0 Å². The highest BCUT2D eigenvalue weighted by atomic mass is 16.1. The molecule has 0 aliphatic heterocycles. The molecule has 0 fully saturated rings. The van der Waals surface area contributed by atoms with E-state index in [1.54, 1.807) is 0 Å². The smallest absolute Gasteiger partial charge is 0.141 e. The van der Waals surface area contributed by atoms with Gasteiger partial charge in [-0.15, -0.1) is 0 Å². The quantitative estimate of drug-likeness (QED) is 0.720. The molecule has 0 aliphatic carbocycles. The number of hydrogen-bond acceptors (Lipinski definition) is 2. The molecule has 0 atom stereocenters. The number of para-hydroxylation sites is 1. The Kier molecular flexibility index (Phi) is 4.01. The Hall–Kier alpha value is -2.48. The van der Waals surface area contributed by atoms with Crippen molar-refractivity contribution in [3.05, 3.63) is 77.0 Å². The number of rotatable bonds is 4. The van der Waals surface area contributed by atoms with Crippen LogP contribution in [0.5, 0.6) is 0 Å². The molecule has 0 radical (unpaired) electrons. The van der Waals surface area contributed by atoms with Crippen LogP contribution in [0.4, 0.5) is 0 Å². The minimum atomic E-state index is 0.222. The molecule has 0 saturated heterocycles. The van der Waals surface area contributed by atoms with Crippen molar-refractivity contribution in [1.82, 2.24) is 4.98 Å². The van der Waals surface area contributed by atoms with Crippen molar-refractivity contribution in [1.29, 1.82) is 0 Å². The van der Waals surface area contributed by atoms with Gasteiger partial charge in [0.1, 0.15) is 5.78 Å². The second-order valence-corrected chi connectivity index (χ2v) is 5.82. The standard InChI is InChI=1S/C20H19NO/c1-14-6-9-16(10-7-14)12-19(22)13-18-5-3-4-17-11-8-15(2)21-20(17)18/h3-11H,12-13H2,1-2H3. The van der Waals surface area contributed by atoms with Gasteiger partial charge >= 0.3 is 0 Å². The maximum absolute atomic E-state index is 12.4. The second kappa shape index (κ2) is 6.10. The lowest BCUT2D eigenvalue weighted by atomic mass is 10.00. The predicted molar refractivity (Wildman–Crippen MR) is 90.1 cm³/mol. The number of carbonyl (C=O) groups is 1. The molecule has 0 saturated carbocycles. The van der Waals surface area contributed by atoms with Gasteiger partial charge in [-0.25, -0.2) is 0 Å². The van der Waals surface area contributed by atoms with Crippen LogP contribution in [-0.4, -0.2) is 10.8 Å². The van der Waals surface area contributed by atoms with E-state index in [1.807, 2.05) is 55.5 Å². The van der Waals surface area contributed by atoms with Gasteiger partial charge in [-0.2, -0.15) is 0 Å². The summed E-state index contributed by atoms with van der Waals surface area (Å²) in [4.78, 5) is 17.0. The number of carbonyl (C=O) groups excluding carboxylic acids is 1. The van der Waals surface area contributed by atoms with Crippen LogP contribution >= 0.6 is 0 Å². The molecule has 2 aromatic carbocycles. The number of pyridine rings is 1. The minimum absolute atomic E-state index is 0.222. The first-order chi connectivity index (χ1) is 10.6. The van der Waals surface area contributed by atoms with Gasteiger partial charge in [0.15, 0.2) is 0 Å². The van der Waals surface area contributed by atoms with Crippen LogP contribution in [0.25, 0.3) is 10.9 Å². The van der Waals surface area contributed by atoms with Crippen LogP contribution in [0.1, 0.15) is 22.4 Å². The Morgan fingerprint density at radius 1 is 0.909 bits per heavy atom. The Morgan fingerprint density at radius 3 is 2.45 bits per heavy atom. The predicted octanol–water partition coefficient (Wildman–Crippen LogP) is 4.21. The van der Waals surface area contributed by atoms with Crippen molar-refractivity contribution in [3.63, 3.8) is 0 Å². The number of nitrogens with zero attached hydrogens (tertiary/aromatic N) is 1. The third-order valence-corrected chi connectivity index (χ3v) is 3.85. The third kappa shape index (κ3) is 3.22. The lowest BCUT2D eigenvalue weighted by Gasteiger charge is -2.07. The van der Waals surface area contributed by atoms with Crippen LogP contribution in [0.3, 0.4) is 0 Å². The summed E-state index contributed by atoms with van der Waals surface area (Å²) < 4.78 is 0. The maximum atomic E-state index is 12.4. The van der Waals surface area contributed by atoms with E-state index in [0.717, 1.165) is 27.7 Å². The van der Waals surface area contributed by atoms with Crippen molar-refractivity contribution >= 4 is 16.7 Å². The number of aromatic nitrogens is 1. The summed E-state index contributed by atoms with van der Waals surface area (Å²) in [5.41, 5.74) is 5.22. The zero-order valence-electron chi connectivity index (χ0n) is 13.0. The molecule has 110 valence electrons. The molecule has 0 spiro atoms. The van der Waals surface area contributed by atoms with Crippen LogP contribution in [-0.2, 0) is 17.6 Å². The van der Waals surface area contributed by atoms with Gasteiger partial charge in [-0.05, 0) is 31.0 Å². The lowest BCUT2D eigenvalue weighted by Crippen LogP contribution is -2.07. The molecule has 1 aromatic heterocycles. The molecule has 3 rings (SSSR count). The molecule has 2 nitrogen and oxygen atoms in total. The highest BCUT2D eigenvalue weighted by molar-refractivity contribution is 5.89. The Morgan fingerprint density at radius 2 is 1.68 bits per heavy atom. The first-order valence-electron chi connectivity index (χ1n) is 7.54. The first kappa shape index (κ1) is 14.5. The summed E-state index contributed by atoms with van der Waals surface area (Å²) >= 11 is 0. The lowest BCUT2D eigenvalue weighted by molar-refractivity contribution is -0.117. The summed E-state index contributed by atoms with van der Waals surface area (Å²) in [6.45, 7) is 4.03. The molecule has 0 amide bonds. The highest BCUT2D eigenvalue weighted by Crippen LogP contribution is 2.18. The van der Waals surface area contributed by atoms with E-state index in [0.29, 0.717) is 12.8 Å². The molecule has 2 heteroatoms. The largest absolute Gasteiger partial charge is 0.299 e. The van der Waals surface area contributed by atoms with Gasteiger partial charge in [-0.1, -0.05) is 54.1 Å². The number of hydrogen-bond donors (Lipinski definition) is 0. The van der Waals surface area contributed by atoms with Crippen molar-refractivity contribution in [3.8, 4) is 0 Å². The fourth-order valence-corrected chi connectivity index (χ4v) is 2.66. The molecule has 1 heterocycles. The topological polar surface area (TPSA) is 30.0 Å². The summed E-state index contributed by atoms with van der Waals surface area (Å²) in [7, 11) is 0. The molecule has 0 unspecified atom stereocenters. The number of benzene rings is 2. The van der Waals surface area contributed by atoms with E-state index < -0.39 is 0 Å². The molecular weight excluding hydrogens is 270 g/mol. The number of aryl methyl sites for hydroxylation is 2. The molecule has 3 aromatic rings. The van der Waals surface area contributed by atoms with E-state index in [1.165, 1.54) is 5.56 Å². The Bertz CT molecular complexity index is 819. The van der Waals surface area contributed by atoms with Gasteiger partial charge in [0, 0.05) is 23.9 Å². The van der Waals surface area contributed by atoms with Crippen molar-refractivity contribution in [2.75, 3.05) is 0 Å². The zero-order valence-corrected chi connectivity index (χ0v) is 13.0. The maximum Gasteiger partial charge on any atom is 0.141 e. The van der Waals surface area contributed by atoms with Gasteiger partial charge in [0.25, 0.3) is 0 Å². The molecule has 0 bridgehead atoms. The Labute approximate surface area is 130 Å². The normalized spacial score (nSPS) is 10.8. The van der Waals surface area contributed by atoms with Crippen molar-refractivity contribution < 1.29 is 4.79 Å². The van der Waals surface area contributed by atoms with E-state index in [2.05, 4.69) is 18.0 Å². The fourth-order valence-electron chi connectivity index (χ4n) is 2.66. The molecule has 0 aliphatic rings. The van der Waals surface area contributed by atoms with E-state index in [-0.39, 0.29) is 5.78 Å². The number of Topliss-reactive ketones (excluding diaryl/α,β-unsaturated/α-hetero) is 1. The van der Waals surface area contributed by atoms with E-state index in [9.17, 15) is 4.79 Å². The van der Waals surface area contributed by atoms with Crippen LogP contribution in [0, 0.1) is 13.8 Å². The van der Waals surface area contributed by atoms with Crippen LogP contribution in [0.15, 0.2) is 54.6 Å². The minimum Gasteiger partial charge on any atom is -0.299 e. The fraction of sp³-hybridized carbons (Fsp3) is 0.200. The third-order valence-electron chi connectivity index (χ3n) is 3.85. The van der Waals surface area contributed by atoms with E-state index >= 15 is 0 Å². The van der Waals surface area contributed by atoms with Gasteiger partial charge in [0.05, 0.1) is 5.52 Å². The molecular formula is C20H19NO. The van der Waals surface area contributed by atoms with Crippen molar-refractivity contribution in [2.24, 2.45) is 0 Å². The summed E-state index contributed by atoms with van der Waals surface area (Å²) in [6.07, 6.45) is 0.907. The van der Waals surface area contributed by atoms with Crippen LogP contribution in [0.2, 0.25) is 0 Å². The second-order valence-electron chi connectivity index (χ2n) is 5.82. The van der Waals surface area contributed by atoms with Gasteiger partial charge in [-0.3, -0.25) is 9.78 Å². The van der Waals surface area contributed by atoms with E-state index in [4.69, 9.17) is 0 Å². The average Bonchev–Trinajstić information content (AvgIpc) is 2.50. The average molecular weight is 289 g/mol. The number of fused-ring (bicyclic) bond motifs is 1. The summed E-state index contributed by atoms with van der Waals surface area (Å²) in [5.74, 6) is 0.222. The molecule has 0 N–H and O–H groups in total. The van der Waals surface area contributed by atoms with Gasteiger partial charge < -0.3 is 0 Å². The highest BCUT2D eigenvalue weighted by Gasteiger charge is 2.09. The zero-order chi connectivity index (χ0) is 15.5. The first-order valence-corrected chi connectivity index (χ1v) is 7.54. The molecule has 22 heavy (non-hydrogen) atoms. The summed E-state index contributed by atoms with van der Waals surface area (Å²) in [6, 6.07) is 18.2. The van der Waals surface area contributed by atoms with Crippen LogP contribution < -0.4 is 0 Å². The Balaban J connectivity index is 1.82. The van der Waals surface area contributed by atoms with Crippen molar-refractivity contribution in [2.45, 2.75) is 26.7 Å².